The van der Waals surface area contributed by atoms with E-state index in [1.165, 1.54) is 0 Å². The van der Waals surface area contributed by atoms with Gasteiger partial charge in [-0.25, -0.2) is 0 Å². The van der Waals surface area contributed by atoms with Gasteiger partial charge < -0.3 is 10.6 Å². The van der Waals surface area contributed by atoms with Crippen molar-refractivity contribution in [3.8, 4) is 0 Å². The van der Waals surface area contributed by atoms with E-state index in [1.807, 2.05) is 32.0 Å². The van der Waals surface area contributed by atoms with Crippen LogP contribution in [0.3, 0.4) is 0 Å². The Bertz CT molecular complexity index is 447. The quantitative estimate of drug-likeness (QED) is 0.787. The van der Waals surface area contributed by atoms with E-state index in [-0.39, 0.29) is 17.9 Å². The Morgan fingerprint density at radius 2 is 1.95 bits per heavy atom. The molecule has 0 heterocycles. The summed E-state index contributed by atoms with van der Waals surface area (Å²) >= 11 is 3.35. The molecule has 1 rings (SSSR count). The summed E-state index contributed by atoms with van der Waals surface area (Å²) in [6, 6.07) is 7.52. The molecule has 0 bridgehead atoms. The fourth-order valence-corrected chi connectivity index (χ4v) is 2.13. The van der Waals surface area contributed by atoms with E-state index >= 15 is 0 Å². The van der Waals surface area contributed by atoms with Crippen LogP contribution in [0.4, 0.5) is 0 Å². The minimum atomic E-state index is -0.146. The first-order valence-corrected chi connectivity index (χ1v) is 7.38. The number of hydrogen-bond donors (Lipinski definition) is 2. The molecule has 5 heteroatoms. The summed E-state index contributed by atoms with van der Waals surface area (Å²) in [7, 11) is 0. The highest BCUT2D eigenvalue weighted by atomic mass is 79.9. The standard InChI is InChI=1S/C14H19BrN2O2/c1-10(2)17-13(18)7-8-16-14(19)12-6-4-3-5-11(12)9-15/h3-6,10H,7-9H2,1-2H3,(H,16,19)(H,17,18). The molecular formula is C14H19BrN2O2. The van der Waals surface area contributed by atoms with Crippen LogP contribution in [0.15, 0.2) is 24.3 Å². The second-order valence-corrected chi connectivity index (χ2v) is 5.08. The lowest BCUT2D eigenvalue weighted by molar-refractivity contribution is -0.121. The molecule has 19 heavy (non-hydrogen) atoms. The SMILES string of the molecule is CC(C)NC(=O)CCNC(=O)c1ccccc1CBr. The van der Waals surface area contributed by atoms with Gasteiger partial charge in [0.25, 0.3) is 5.91 Å². The first-order valence-electron chi connectivity index (χ1n) is 6.26. The van der Waals surface area contributed by atoms with Crippen molar-refractivity contribution in [3.05, 3.63) is 35.4 Å². The van der Waals surface area contributed by atoms with Gasteiger partial charge in [-0.15, -0.1) is 0 Å². The molecule has 0 aliphatic carbocycles. The van der Waals surface area contributed by atoms with Crippen molar-refractivity contribution < 1.29 is 9.59 Å². The summed E-state index contributed by atoms with van der Waals surface area (Å²) in [4.78, 5) is 23.4. The van der Waals surface area contributed by atoms with E-state index in [0.717, 1.165) is 5.56 Å². The summed E-state index contributed by atoms with van der Waals surface area (Å²) in [5, 5.41) is 6.17. The molecule has 0 spiro atoms. The van der Waals surface area contributed by atoms with Crippen molar-refractivity contribution >= 4 is 27.7 Å². The largest absolute Gasteiger partial charge is 0.354 e. The average molecular weight is 327 g/mol. The van der Waals surface area contributed by atoms with Gasteiger partial charge in [0.15, 0.2) is 0 Å². The average Bonchev–Trinajstić information content (AvgIpc) is 2.37. The normalized spacial score (nSPS) is 10.3. The maximum Gasteiger partial charge on any atom is 0.251 e. The van der Waals surface area contributed by atoms with Gasteiger partial charge in [0.05, 0.1) is 0 Å². The lowest BCUT2D eigenvalue weighted by Crippen LogP contribution is -2.34. The van der Waals surface area contributed by atoms with Gasteiger partial charge in [-0.1, -0.05) is 34.1 Å². The molecule has 104 valence electrons. The maximum absolute atomic E-state index is 12.0. The first kappa shape index (κ1) is 15.7. The summed E-state index contributed by atoms with van der Waals surface area (Å²) < 4.78 is 0. The van der Waals surface area contributed by atoms with Crippen LogP contribution < -0.4 is 10.6 Å². The van der Waals surface area contributed by atoms with Gasteiger partial charge >= 0.3 is 0 Å². The van der Waals surface area contributed by atoms with Gasteiger partial charge in [0.1, 0.15) is 0 Å². The number of rotatable bonds is 6. The predicted molar refractivity (Wildman–Crippen MR) is 79.3 cm³/mol. The minimum absolute atomic E-state index is 0.0518. The zero-order chi connectivity index (χ0) is 14.3. The number of alkyl halides is 1. The first-order chi connectivity index (χ1) is 9.04. The molecule has 0 aliphatic rings. The highest BCUT2D eigenvalue weighted by Gasteiger charge is 2.10. The van der Waals surface area contributed by atoms with Crippen LogP contribution in [-0.2, 0) is 10.1 Å². The van der Waals surface area contributed by atoms with Gasteiger partial charge in [-0.2, -0.15) is 0 Å². The Balaban J connectivity index is 2.45. The van der Waals surface area contributed by atoms with Crippen LogP contribution in [-0.4, -0.2) is 24.4 Å². The Kier molecular flexibility index (Phi) is 6.56. The van der Waals surface area contributed by atoms with Gasteiger partial charge in [0.2, 0.25) is 5.91 Å². The Morgan fingerprint density at radius 3 is 2.58 bits per heavy atom. The molecule has 0 aromatic heterocycles. The smallest absolute Gasteiger partial charge is 0.251 e. The molecule has 0 atom stereocenters. The third kappa shape index (κ3) is 5.42. The summed E-state index contributed by atoms with van der Waals surface area (Å²) in [5.74, 6) is -0.198. The van der Waals surface area contributed by atoms with Crippen molar-refractivity contribution in [2.24, 2.45) is 0 Å². The Labute approximate surface area is 122 Å². The van der Waals surface area contributed by atoms with Gasteiger partial charge in [0, 0.05) is 29.9 Å². The van der Waals surface area contributed by atoms with E-state index in [2.05, 4.69) is 26.6 Å². The Morgan fingerprint density at radius 1 is 1.26 bits per heavy atom. The van der Waals surface area contributed by atoms with Crippen molar-refractivity contribution in [1.29, 1.82) is 0 Å². The molecule has 1 aromatic carbocycles. The fourth-order valence-electron chi connectivity index (χ4n) is 1.64. The number of carbonyl (C=O) groups is 2. The molecule has 0 unspecified atom stereocenters. The van der Waals surface area contributed by atoms with Crippen molar-refractivity contribution in [3.63, 3.8) is 0 Å². The summed E-state index contributed by atoms with van der Waals surface area (Å²) in [5.41, 5.74) is 1.58. The predicted octanol–water partition coefficient (Wildman–Crippen LogP) is 2.23. The van der Waals surface area contributed by atoms with Crippen LogP contribution in [0.5, 0.6) is 0 Å². The molecule has 2 amide bonds. The number of nitrogens with one attached hydrogen (secondary N) is 2. The zero-order valence-corrected chi connectivity index (χ0v) is 12.8. The number of carbonyl (C=O) groups excluding carboxylic acids is 2. The molecule has 0 saturated carbocycles. The van der Waals surface area contributed by atoms with Crippen LogP contribution in [0.2, 0.25) is 0 Å². The second-order valence-electron chi connectivity index (χ2n) is 4.52. The van der Waals surface area contributed by atoms with Crippen LogP contribution in [0.25, 0.3) is 0 Å². The van der Waals surface area contributed by atoms with Crippen molar-refractivity contribution in [2.45, 2.75) is 31.6 Å². The van der Waals surface area contributed by atoms with Gasteiger partial charge in [-0.3, -0.25) is 9.59 Å². The van der Waals surface area contributed by atoms with Crippen molar-refractivity contribution in [2.75, 3.05) is 6.54 Å². The number of hydrogen-bond acceptors (Lipinski definition) is 2. The monoisotopic (exact) mass is 326 g/mol. The third-order valence-corrected chi connectivity index (χ3v) is 3.10. The molecule has 0 fully saturated rings. The molecule has 0 aliphatic heterocycles. The van der Waals surface area contributed by atoms with Crippen LogP contribution in [0, 0.1) is 0 Å². The zero-order valence-electron chi connectivity index (χ0n) is 11.2. The summed E-state index contributed by atoms with van der Waals surface area (Å²) in [6.07, 6.45) is 0.292. The van der Waals surface area contributed by atoms with Crippen molar-refractivity contribution in [1.82, 2.24) is 10.6 Å². The molecule has 2 N–H and O–H groups in total. The molecule has 0 radical (unpaired) electrons. The molecule has 4 nitrogen and oxygen atoms in total. The topological polar surface area (TPSA) is 58.2 Å². The van der Waals surface area contributed by atoms with E-state index in [0.29, 0.717) is 23.9 Å². The molecule has 1 aromatic rings. The van der Waals surface area contributed by atoms with Gasteiger partial charge in [-0.05, 0) is 25.5 Å². The fraction of sp³-hybridized carbons (Fsp3) is 0.429. The van der Waals surface area contributed by atoms with E-state index < -0.39 is 0 Å². The second kappa shape index (κ2) is 7.94. The number of benzene rings is 1. The van der Waals surface area contributed by atoms with Crippen LogP contribution in [0.1, 0.15) is 36.2 Å². The maximum atomic E-state index is 12.0. The van der Waals surface area contributed by atoms with E-state index in [4.69, 9.17) is 0 Å². The minimum Gasteiger partial charge on any atom is -0.354 e. The lowest BCUT2D eigenvalue weighted by atomic mass is 10.1. The molecule has 0 saturated heterocycles. The highest BCUT2D eigenvalue weighted by Crippen LogP contribution is 2.12. The van der Waals surface area contributed by atoms with E-state index in [9.17, 15) is 9.59 Å². The highest BCUT2D eigenvalue weighted by molar-refractivity contribution is 9.08. The Hall–Kier alpha value is -1.36. The van der Waals surface area contributed by atoms with Crippen LogP contribution >= 0.6 is 15.9 Å². The summed E-state index contributed by atoms with van der Waals surface area (Å²) in [6.45, 7) is 4.15. The lowest BCUT2D eigenvalue weighted by Gasteiger charge is -2.10. The van der Waals surface area contributed by atoms with E-state index in [1.54, 1.807) is 6.07 Å². The molecular weight excluding hydrogens is 308 g/mol. The number of halogens is 1. The number of amides is 2. The third-order valence-electron chi connectivity index (χ3n) is 2.49.